The highest BCUT2D eigenvalue weighted by Crippen LogP contribution is 2.37. The van der Waals surface area contributed by atoms with Crippen molar-refractivity contribution in [3.8, 4) is 0 Å². The van der Waals surface area contributed by atoms with Gasteiger partial charge >= 0.3 is 0 Å². The van der Waals surface area contributed by atoms with E-state index >= 15 is 0 Å². The number of benzene rings is 1. The van der Waals surface area contributed by atoms with Crippen LogP contribution in [0.1, 0.15) is 6.42 Å². The number of carbonyl (C=O) groups excluding carboxylic acids is 2. The van der Waals surface area contributed by atoms with Crippen LogP contribution in [0.25, 0.3) is 0 Å². The van der Waals surface area contributed by atoms with Crippen molar-refractivity contribution in [3.05, 3.63) is 27.3 Å². The van der Waals surface area contributed by atoms with Crippen LogP contribution in [0.2, 0.25) is 5.02 Å². The molecule has 8 nitrogen and oxygen atoms in total. The van der Waals surface area contributed by atoms with E-state index in [-0.39, 0.29) is 41.0 Å². The standard InChI is InChI=1S/C11H11ClN4O4/c12-6-2-7(13)9(3-8(6)16(19)20)15-4-5(11(14)18)1-10(15)17/h2-3,5H,1,4,13H2,(H2,14,18). The van der Waals surface area contributed by atoms with Crippen LogP contribution in [-0.4, -0.2) is 23.3 Å². The molecule has 1 unspecified atom stereocenters. The molecule has 20 heavy (non-hydrogen) atoms. The Morgan fingerprint density at radius 2 is 2.15 bits per heavy atom. The van der Waals surface area contributed by atoms with Crippen molar-refractivity contribution in [3.63, 3.8) is 0 Å². The Kier molecular flexibility index (Phi) is 3.49. The lowest BCUT2D eigenvalue weighted by molar-refractivity contribution is -0.384. The molecule has 0 aromatic heterocycles. The lowest BCUT2D eigenvalue weighted by atomic mass is 10.1. The van der Waals surface area contributed by atoms with E-state index < -0.39 is 16.7 Å². The van der Waals surface area contributed by atoms with Crippen LogP contribution in [-0.2, 0) is 9.59 Å². The molecule has 4 N–H and O–H groups in total. The Morgan fingerprint density at radius 1 is 1.50 bits per heavy atom. The van der Waals surface area contributed by atoms with Gasteiger partial charge < -0.3 is 16.4 Å². The third-order valence-electron chi connectivity index (χ3n) is 3.11. The predicted molar refractivity (Wildman–Crippen MR) is 72.2 cm³/mol. The fourth-order valence-electron chi connectivity index (χ4n) is 2.07. The number of primary amides is 1. The SMILES string of the molecule is NC(=O)C1CC(=O)N(c2cc([N+](=O)[O-])c(Cl)cc2N)C1. The number of nitro groups is 1. The molecule has 0 bridgehead atoms. The molecular formula is C11H11ClN4O4. The topological polar surface area (TPSA) is 133 Å². The smallest absolute Gasteiger partial charge is 0.290 e. The van der Waals surface area contributed by atoms with Crippen molar-refractivity contribution >= 4 is 40.5 Å². The summed E-state index contributed by atoms with van der Waals surface area (Å²) in [5.41, 5.74) is 10.8. The van der Waals surface area contributed by atoms with Crippen LogP contribution in [0.3, 0.4) is 0 Å². The predicted octanol–water partition coefficient (Wildman–Crippen LogP) is 0.669. The van der Waals surface area contributed by atoms with E-state index in [9.17, 15) is 19.7 Å². The lowest BCUT2D eigenvalue weighted by Gasteiger charge is -2.18. The van der Waals surface area contributed by atoms with Crippen molar-refractivity contribution in [2.75, 3.05) is 17.2 Å². The molecule has 1 saturated heterocycles. The number of nitrogens with two attached hydrogens (primary N) is 2. The average molecular weight is 299 g/mol. The summed E-state index contributed by atoms with van der Waals surface area (Å²) in [5, 5.41) is 10.7. The number of halogens is 1. The van der Waals surface area contributed by atoms with Crippen LogP contribution in [0.15, 0.2) is 12.1 Å². The molecule has 1 aliphatic rings. The molecule has 106 valence electrons. The Bertz CT molecular complexity index is 619. The first kappa shape index (κ1) is 14.1. The molecule has 0 spiro atoms. The first-order valence-electron chi connectivity index (χ1n) is 5.64. The summed E-state index contributed by atoms with van der Waals surface area (Å²) < 4.78 is 0. The molecule has 1 aromatic carbocycles. The number of carbonyl (C=O) groups is 2. The summed E-state index contributed by atoms with van der Waals surface area (Å²) in [5.74, 6) is -1.59. The summed E-state index contributed by atoms with van der Waals surface area (Å²) >= 11 is 5.72. The summed E-state index contributed by atoms with van der Waals surface area (Å²) in [7, 11) is 0. The van der Waals surface area contributed by atoms with Gasteiger partial charge in [-0.3, -0.25) is 19.7 Å². The van der Waals surface area contributed by atoms with Gasteiger partial charge in [-0.2, -0.15) is 0 Å². The van der Waals surface area contributed by atoms with E-state index in [1.54, 1.807) is 0 Å². The number of anilines is 2. The van der Waals surface area contributed by atoms with E-state index in [4.69, 9.17) is 23.1 Å². The maximum absolute atomic E-state index is 11.9. The minimum absolute atomic E-state index is 0.0365. The molecular weight excluding hydrogens is 288 g/mol. The third-order valence-corrected chi connectivity index (χ3v) is 3.41. The van der Waals surface area contributed by atoms with Gasteiger partial charge in [-0.15, -0.1) is 0 Å². The van der Waals surface area contributed by atoms with Crippen molar-refractivity contribution in [1.29, 1.82) is 0 Å². The third kappa shape index (κ3) is 2.37. The monoisotopic (exact) mass is 298 g/mol. The first-order chi connectivity index (χ1) is 9.31. The number of nitro benzene ring substituents is 1. The molecule has 1 aromatic rings. The minimum atomic E-state index is -0.669. The van der Waals surface area contributed by atoms with E-state index in [2.05, 4.69) is 0 Å². The van der Waals surface area contributed by atoms with Gasteiger partial charge in [0.1, 0.15) is 5.02 Å². The van der Waals surface area contributed by atoms with Crippen LogP contribution >= 0.6 is 11.6 Å². The molecule has 0 aliphatic carbocycles. The normalized spacial score (nSPS) is 18.4. The molecule has 1 aliphatic heterocycles. The highest BCUT2D eigenvalue weighted by atomic mass is 35.5. The molecule has 2 amide bonds. The number of rotatable bonds is 3. The second-order valence-electron chi connectivity index (χ2n) is 4.43. The molecule has 1 heterocycles. The van der Waals surface area contributed by atoms with Gasteiger partial charge in [-0.05, 0) is 6.07 Å². The number of nitrogen functional groups attached to an aromatic ring is 1. The highest BCUT2D eigenvalue weighted by molar-refractivity contribution is 6.33. The van der Waals surface area contributed by atoms with Crippen molar-refractivity contribution in [2.45, 2.75) is 6.42 Å². The van der Waals surface area contributed by atoms with Crippen LogP contribution in [0.4, 0.5) is 17.1 Å². The molecule has 1 fully saturated rings. The zero-order valence-corrected chi connectivity index (χ0v) is 11.0. The van der Waals surface area contributed by atoms with Gasteiger partial charge in [0.05, 0.1) is 22.2 Å². The van der Waals surface area contributed by atoms with Gasteiger partial charge in [-0.25, -0.2) is 0 Å². The largest absolute Gasteiger partial charge is 0.397 e. The Morgan fingerprint density at radius 3 is 2.65 bits per heavy atom. The van der Waals surface area contributed by atoms with Gasteiger partial charge in [-0.1, -0.05) is 11.6 Å². The van der Waals surface area contributed by atoms with Crippen LogP contribution in [0, 0.1) is 16.0 Å². The minimum Gasteiger partial charge on any atom is -0.397 e. The van der Waals surface area contributed by atoms with Crippen molar-refractivity contribution in [1.82, 2.24) is 0 Å². The van der Waals surface area contributed by atoms with Gasteiger partial charge in [0, 0.05) is 19.0 Å². The van der Waals surface area contributed by atoms with E-state index in [1.165, 1.54) is 11.0 Å². The molecule has 0 radical (unpaired) electrons. The van der Waals surface area contributed by atoms with Gasteiger partial charge in [0.15, 0.2) is 0 Å². The van der Waals surface area contributed by atoms with E-state index in [0.29, 0.717) is 0 Å². The number of hydrogen-bond donors (Lipinski definition) is 2. The van der Waals surface area contributed by atoms with Crippen molar-refractivity contribution < 1.29 is 14.5 Å². The van der Waals surface area contributed by atoms with Crippen LogP contribution < -0.4 is 16.4 Å². The molecule has 9 heteroatoms. The summed E-state index contributed by atoms with van der Waals surface area (Å²) in [6, 6.07) is 2.33. The lowest BCUT2D eigenvalue weighted by Crippen LogP contribution is -2.29. The second kappa shape index (κ2) is 4.97. The quantitative estimate of drug-likeness (QED) is 0.480. The summed E-state index contributed by atoms with van der Waals surface area (Å²) in [6.07, 6.45) is -0.0365. The average Bonchev–Trinajstić information content (AvgIpc) is 2.71. The maximum Gasteiger partial charge on any atom is 0.290 e. The Hall–Kier alpha value is -2.35. The maximum atomic E-state index is 11.9. The van der Waals surface area contributed by atoms with E-state index in [1.807, 2.05) is 0 Å². The highest BCUT2D eigenvalue weighted by Gasteiger charge is 2.35. The molecule has 0 saturated carbocycles. The van der Waals surface area contributed by atoms with Gasteiger partial charge in [0.2, 0.25) is 11.8 Å². The fourth-order valence-corrected chi connectivity index (χ4v) is 2.31. The Balaban J connectivity index is 2.43. The fraction of sp³-hybridized carbons (Fsp3) is 0.273. The zero-order valence-electron chi connectivity index (χ0n) is 10.2. The first-order valence-corrected chi connectivity index (χ1v) is 6.02. The van der Waals surface area contributed by atoms with Crippen molar-refractivity contribution in [2.24, 2.45) is 11.7 Å². The number of hydrogen-bond acceptors (Lipinski definition) is 5. The molecule has 2 rings (SSSR count). The summed E-state index contributed by atoms with van der Waals surface area (Å²) in [4.78, 5) is 34.4. The molecule has 1 atom stereocenters. The van der Waals surface area contributed by atoms with Crippen LogP contribution in [0.5, 0.6) is 0 Å². The zero-order chi connectivity index (χ0) is 15.0. The van der Waals surface area contributed by atoms with E-state index in [0.717, 1.165) is 6.07 Å². The number of nitrogens with zero attached hydrogens (tertiary/aromatic N) is 2. The second-order valence-corrected chi connectivity index (χ2v) is 4.83. The van der Waals surface area contributed by atoms with Gasteiger partial charge in [0.25, 0.3) is 5.69 Å². The number of amides is 2. The Labute approximate surface area is 118 Å². The summed E-state index contributed by atoms with van der Waals surface area (Å²) in [6.45, 7) is 0.0527.